The molecule has 0 aliphatic rings. The van der Waals surface area contributed by atoms with Crippen LogP contribution in [0.4, 0.5) is 0 Å². The first-order chi connectivity index (χ1) is 45.9. The van der Waals surface area contributed by atoms with Gasteiger partial charge < -0.3 is 27.1 Å². The van der Waals surface area contributed by atoms with Gasteiger partial charge in [-0.2, -0.15) is 18.9 Å². The van der Waals surface area contributed by atoms with Crippen LogP contribution in [0.5, 0.6) is 0 Å². The molecule has 0 heterocycles. The number of hydrogen-bond acceptors (Lipinski definition) is 6. The fourth-order valence-corrected chi connectivity index (χ4v) is 14.4. The first-order valence-corrected chi connectivity index (χ1v) is 42.1. The zero-order valence-corrected chi connectivity index (χ0v) is 76.4. The van der Waals surface area contributed by atoms with Crippen molar-refractivity contribution >= 4 is 60.3 Å². The van der Waals surface area contributed by atoms with Gasteiger partial charge in [-0.3, -0.25) is 0 Å². The van der Waals surface area contributed by atoms with Crippen molar-refractivity contribution in [3.8, 4) is 0 Å². The van der Waals surface area contributed by atoms with Gasteiger partial charge in [0.1, 0.15) is 0 Å². The zero-order valence-electron chi connectivity index (χ0n) is 72.3. The minimum atomic E-state index is -1.63. The maximum Gasteiger partial charge on any atom is 3.00 e. The van der Waals surface area contributed by atoms with Crippen LogP contribution in [0.2, 0.25) is 0 Å². The molecule has 0 fully saturated rings. The molecule has 6 aromatic carbocycles. The normalized spacial score (nSPS) is 13.4. The van der Waals surface area contributed by atoms with E-state index in [1.54, 1.807) is 0 Å². The standard InChI is InChI=1S/3C31H49O2P.Al/c3*1-28(2,3)24-16-14-22(26(18-24)30(7,8)9)20-32-34(13)33-21-23-15-17-25(29(4,5)6)19-27(23)31(10,11)12;/h3*14-19,34H,13,20-21H2,1-12H3;/q3*-1;+3. The molecule has 0 aromatic heterocycles. The maximum absolute atomic E-state index is 6.18. The molecule has 0 aliphatic carbocycles. The molecule has 0 amide bonds. The largest absolute Gasteiger partial charge is 3.00 e. The zero-order chi connectivity index (χ0) is 78.3. The van der Waals surface area contributed by atoms with Crippen molar-refractivity contribution in [3.63, 3.8) is 0 Å². The summed E-state index contributed by atoms with van der Waals surface area (Å²) in [6.45, 7) is 84.6. The molecule has 0 saturated carbocycles. The third-order valence-corrected chi connectivity index (χ3v) is 21.8. The maximum atomic E-state index is 6.18. The van der Waals surface area contributed by atoms with Crippen LogP contribution < -0.4 is 0 Å². The minimum absolute atomic E-state index is 0. The summed E-state index contributed by atoms with van der Waals surface area (Å²) in [6.07, 6.45) is 12.7. The van der Waals surface area contributed by atoms with Crippen molar-refractivity contribution in [2.75, 3.05) is 0 Å². The Morgan fingerprint density at radius 3 is 0.388 bits per heavy atom. The van der Waals surface area contributed by atoms with E-state index in [1.165, 1.54) is 100 Å². The molecule has 10 heteroatoms. The fourth-order valence-electron chi connectivity index (χ4n) is 12.3. The van der Waals surface area contributed by atoms with Gasteiger partial charge in [0.2, 0.25) is 0 Å². The summed E-state index contributed by atoms with van der Waals surface area (Å²) in [6, 6.07) is 40.8. The van der Waals surface area contributed by atoms with E-state index in [4.69, 9.17) is 27.1 Å². The van der Waals surface area contributed by atoms with Crippen LogP contribution in [0, 0.1) is 0 Å². The molecule has 6 rings (SSSR count). The molecule has 0 unspecified atom stereocenters. The van der Waals surface area contributed by atoms with Gasteiger partial charge in [0, 0.05) is 39.6 Å². The predicted molar refractivity (Wildman–Crippen MR) is 464 cm³/mol. The summed E-state index contributed by atoms with van der Waals surface area (Å²) in [5, 5.41) is 0. The van der Waals surface area contributed by atoms with E-state index in [0.29, 0.717) is 39.6 Å². The van der Waals surface area contributed by atoms with Gasteiger partial charge in [-0.25, -0.2) is 0 Å². The van der Waals surface area contributed by atoms with Gasteiger partial charge in [0.15, 0.2) is 0 Å². The second-order valence-corrected chi connectivity index (χ2v) is 45.0. The van der Waals surface area contributed by atoms with Crippen LogP contribution in [-0.4, -0.2) is 36.3 Å². The second-order valence-electron chi connectivity index (χ2n) is 41.1. The van der Waals surface area contributed by atoms with E-state index >= 15 is 0 Å². The summed E-state index contributed by atoms with van der Waals surface area (Å²) < 4.78 is 37.1. The van der Waals surface area contributed by atoms with Gasteiger partial charge in [-0.05, 0) is 165 Å². The van der Waals surface area contributed by atoms with Gasteiger partial charge in [-0.1, -0.05) is 382 Å². The van der Waals surface area contributed by atoms with Gasteiger partial charge in [0.05, 0.1) is 0 Å². The smallest absolute Gasteiger partial charge is 0.483 e. The Labute approximate surface area is 646 Å². The van der Waals surface area contributed by atoms with Crippen LogP contribution in [0.1, 0.15) is 349 Å². The third-order valence-electron chi connectivity index (χ3n) is 19.0. The molecule has 6 nitrogen and oxygen atoms in total. The minimum Gasteiger partial charge on any atom is -0.483 e. The fraction of sp³-hybridized carbons (Fsp3) is 0.581. The van der Waals surface area contributed by atoms with Crippen LogP contribution in [0.3, 0.4) is 0 Å². The van der Waals surface area contributed by atoms with Crippen molar-refractivity contribution in [2.45, 2.75) is 354 Å². The Morgan fingerprint density at radius 2 is 0.301 bits per heavy atom. The monoisotopic (exact) mass is 1480 g/mol. The Morgan fingerprint density at radius 1 is 0.194 bits per heavy atom. The van der Waals surface area contributed by atoms with Crippen LogP contribution in [0.15, 0.2) is 109 Å². The van der Waals surface area contributed by atoms with Crippen LogP contribution >= 0.6 is 24.0 Å². The molecule has 0 N–H and O–H groups in total. The number of rotatable bonds is 18. The third kappa shape index (κ3) is 29.5. The summed E-state index contributed by atoms with van der Waals surface area (Å²) >= 11 is 0. The van der Waals surface area contributed by atoms with Crippen molar-refractivity contribution in [1.82, 2.24) is 0 Å². The average Bonchev–Trinajstić information content (AvgIpc) is 0.837. The van der Waals surface area contributed by atoms with E-state index in [9.17, 15) is 0 Å². The quantitative estimate of drug-likeness (QED) is 0.0631. The predicted octanol–water partition coefficient (Wildman–Crippen LogP) is 26.9. The first-order valence-electron chi connectivity index (χ1n) is 37.6. The number of hydrogen-bond donors (Lipinski definition) is 0. The van der Waals surface area contributed by atoms with E-state index < -0.39 is 24.0 Å². The van der Waals surface area contributed by atoms with Crippen molar-refractivity contribution in [1.29, 1.82) is 0 Å². The van der Waals surface area contributed by atoms with Crippen LogP contribution in [-0.2, 0) is 132 Å². The summed E-state index contributed by atoms with van der Waals surface area (Å²) in [5.74, 6) is 0. The second kappa shape index (κ2) is 35.9. The molecule has 573 valence electrons. The summed E-state index contributed by atoms with van der Waals surface area (Å²) in [5.41, 5.74) is 24.5. The van der Waals surface area contributed by atoms with E-state index in [1.807, 2.05) is 0 Å². The van der Waals surface area contributed by atoms with Gasteiger partial charge in [-0.15, -0.1) is 0 Å². The summed E-state index contributed by atoms with van der Waals surface area (Å²) in [7, 11) is -4.90. The first kappa shape index (κ1) is 93.7. The van der Waals surface area contributed by atoms with Gasteiger partial charge in [0.25, 0.3) is 0 Å². The van der Waals surface area contributed by atoms with Gasteiger partial charge >= 0.3 is 17.4 Å². The number of benzene rings is 6. The molecule has 0 saturated heterocycles. The molecule has 0 radical (unpaired) electrons. The van der Waals surface area contributed by atoms with E-state index in [2.05, 4.69) is 377 Å². The van der Waals surface area contributed by atoms with Crippen LogP contribution in [0.25, 0.3) is 0 Å². The molecule has 103 heavy (non-hydrogen) atoms. The van der Waals surface area contributed by atoms with Crippen molar-refractivity contribution < 1.29 is 27.1 Å². The SMILES string of the molecule is C=[PH-](OCc1ccc(C(C)(C)C)cc1C(C)(C)C)OCc1ccc(C(C)(C)C)cc1C(C)(C)C.C=[PH-](OCc1ccc(C(C)(C)C)cc1C(C)(C)C)OCc1ccc(C(C)(C)C)cc1C(C)(C)C.C=[PH-](OCc1ccc(C(C)(C)C)cc1C(C)(C)C)OCc1ccc(C(C)(C)C)cc1C(C)(C)C.[Al+3]. The van der Waals surface area contributed by atoms with E-state index in [0.717, 1.165) is 0 Å². The molecule has 0 atom stereocenters. The molecule has 6 aromatic rings. The topological polar surface area (TPSA) is 55.4 Å². The van der Waals surface area contributed by atoms with E-state index in [-0.39, 0.29) is 82.3 Å². The Balaban J connectivity index is 0.000000399. The van der Waals surface area contributed by atoms with Crippen molar-refractivity contribution in [3.05, 3.63) is 209 Å². The Bertz CT molecular complexity index is 3180. The average molecular weight is 1480 g/mol. The Hall–Kier alpha value is -3.49. The molecule has 0 aliphatic heterocycles. The summed E-state index contributed by atoms with van der Waals surface area (Å²) in [4.78, 5) is 0. The molecule has 0 bridgehead atoms. The molecular weight excluding hydrogens is 1330 g/mol. The molecular formula is C93H147AlO6P3. The van der Waals surface area contributed by atoms with Crippen molar-refractivity contribution in [2.24, 2.45) is 0 Å². The Kier molecular flexibility index (Phi) is 32.7. The molecule has 0 spiro atoms.